The minimum atomic E-state index is -0.447. The standard InChI is InChI=1S/C25H31N3O3S/c1-6-28(7-2)21(30)15-32-24-18(14-26)22(16-8-10-17(31-5)11-9-16)23-19(27-24)12-25(3,4)13-20(23)29/h8-11,22,27H,6-7,12-13,15H2,1-5H3/t22-/m1/s1. The highest BCUT2D eigenvalue weighted by Crippen LogP contribution is 2.48. The maximum Gasteiger partial charge on any atom is 0.232 e. The van der Waals surface area contributed by atoms with Gasteiger partial charge >= 0.3 is 0 Å². The van der Waals surface area contributed by atoms with E-state index in [0.29, 0.717) is 42.1 Å². The number of amides is 1. The second-order valence-electron chi connectivity index (χ2n) is 8.87. The average Bonchev–Trinajstić information content (AvgIpc) is 2.76. The summed E-state index contributed by atoms with van der Waals surface area (Å²) in [5, 5.41) is 14.2. The van der Waals surface area contributed by atoms with E-state index in [0.717, 1.165) is 17.0 Å². The van der Waals surface area contributed by atoms with Gasteiger partial charge in [-0.25, -0.2) is 0 Å². The third-order valence-corrected chi connectivity index (χ3v) is 7.03. The molecule has 0 saturated heterocycles. The van der Waals surface area contributed by atoms with Crippen molar-refractivity contribution < 1.29 is 14.3 Å². The molecule has 1 aromatic carbocycles. The van der Waals surface area contributed by atoms with Crippen LogP contribution in [0.5, 0.6) is 5.75 Å². The van der Waals surface area contributed by atoms with Crippen LogP contribution in [0.25, 0.3) is 0 Å². The van der Waals surface area contributed by atoms with Crippen molar-refractivity contribution in [1.29, 1.82) is 5.26 Å². The van der Waals surface area contributed by atoms with Gasteiger partial charge < -0.3 is 15.0 Å². The van der Waals surface area contributed by atoms with Crippen molar-refractivity contribution in [2.75, 3.05) is 26.0 Å². The molecule has 0 fully saturated rings. The predicted octanol–water partition coefficient (Wildman–Crippen LogP) is 4.36. The van der Waals surface area contributed by atoms with E-state index in [1.165, 1.54) is 11.8 Å². The zero-order chi connectivity index (χ0) is 23.5. The van der Waals surface area contributed by atoms with Gasteiger partial charge in [-0.2, -0.15) is 5.26 Å². The van der Waals surface area contributed by atoms with Gasteiger partial charge in [0.2, 0.25) is 5.91 Å². The Labute approximate surface area is 194 Å². The molecule has 0 saturated carbocycles. The molecule has 1 N–H and O–H groups in total. The molecule has 0 aromatic heterocycles. The van der Waals surface area contributed by atoms with Crippen LogP contribution in [0.15, 0.2) is 46.1 Å². The zero-order valence-corrected chi connectivity index (χ0v) is 20.3. The highest BCUT2D eigenvalue weighted by molar-refractivity contribution is 8.03. The molecule has 1 aromatic rings. The van der Waals surface area contributed by atoms with Crippen LogP contribution in [-0.4, -0.2) is 42.5 Å². The molecule has 32 heavy (non-hydrogen) atoms. The number of carbonyl (C=O) groups is 2. The molecule has 0 radical (unpaired) electrons. The fraction of sp³-hybridized carbons (Fsp3) is 0.480. The Morgan fingerprint density at radius 2 is 1.91 bits per heavy atom. The lowest BCUT2D eigenvalue weighted by Crippen LogP contribution is -2.37. The van der Waals surface area contributed by atoms with Crippen molar-refractivity contribution in [1.82, 2.24) is 10.2 Å². The molecule has 0 bridgehead atoms. The number of nitrogens with zero attached hydrogens (tertiary/aromatic N) is 2. The molecule has 7 heteroatoms. The number of Topliss-reactive ketones (excluding diaryl/α,β-unsaturated/α-hetero) is 1. The van der Waals surface area contributed by atoms with Gasteiger partial charge in [-0.15, -0.1) is 0 Å². The number of ether oxygens (including phenoxy) is 1. The summed E-state index contributed by atoms with van der Waals surface area (Å²) in [4.78, 5) is 27.6. The summed E-state index contributed by atoms with van der Waals surface area (Å²) in [6, 6.07) is 9.86. The topological polar surface area (TPSA) is 82.4 Å². The maximum absolute atomic E-state index is 13.2. The summed E-state index contributed by atoms with van der Waals surface area (Å²) >= 11 is 1.35. The number of carbonyl (C=O) groups excluding carboxylic acids is 2. The molecule has 6 nitrogen and oxygen atoms in total. The van der Waals surface area contributed by atoms with Crippen LogP contribution >= 0.6 is 11.8 Å². The van der Waals surface area contributed by atoms with Gasteiger partial charge in [0.1, 0.15) is 5.75 Å². The number of methoxy groups -OCH3 is 1. The molecule has 2 aliphatic rings. The first-order valence-corrected chi connectivity index (χ1v) is 11.9. The molecular formula is C25H31N3O3S. The predicted molar refractivity (Wildman–Crippen MR) is 127 cm³/mol. The van der Waals surface area contributed by atoms with Crippen LogP contribution < -0.4 is 10.1 Å². The van der Waals surface area contributed by atoms with E-state index in [1.807, 2.05) is 38.1 Å². The van der Waals surface area contributed by atoms with Crippen molar-refractivity contribution in [2.24, 2.45) is 5.41 Å². The Hall–Kier alpha value is -2.72. The molecular weight excluding hydrogens is 422 g/mol. The van der Waals surface area contributed by atoms with Gasteiger partial charge in [0.05, 0.1) is 35.5 Å². The number of hydrogen-bond acceptors (Lipinski definition) is 6. The lowest BCUT2D eigenvalue weighted by molar-refractivity contribution is -0.128. The lowest BCUT2D eigenvalue weighted by atomic mass is 9.69. The summed E-state index contributed by atoms with van der Waals surface area (Å²) in [5.41, 5.74) is 2.73. The van der Waals surface area contributed by atoms with E-state index >= 15 is 0 Å². The largest absolute Gasteiger partial charge is 0.497 e. The quantitative estimate of drug-likeness (QED) is 0.660. The van der Waals surface area contributed by atoms with Crippen molar-refractivity contribution in [3.8, 4) is 11.8 Å². The number of benzene rings is 1. The zero-order valence-electron chi connectivity index (χ0n) is 19.4. The summed E-state index contributed by atoms with van der Waals surface area (Å²) in [6.07, 6.45) is 1.16. The third-order valence-electron chi connectivity index (χ3n) is 6.03. The monoisotopic (exact) mass is 453 g/mol. The normalized spacial score (nSPS) is 19.8. The molecule has 1 atom stereocenters. The Bertz CT molecular complexity index is 998. The Morgan fingerprint density at radius 3 is 2.47 bits per heavy atom. The fourth-order valence-corrected chi connectivity index (χ4v) is 5.39. The first kappa shape index (κ1) is 23.9. The van der Waals surface area contributed by atoms with Crippen LogP contribution in [-0.2, 0) is 9.59 Å². The van der Waals surface area contributed by atoms with Crippen LogP contribution in [0.3, 0.4) is 0 Å². The van der Waals surface area contributed by atoms with E-state index < -0.39 is 5.92 Å². The molecule has 1 aliphatic carbocycles. The first-order chi connectivity index (χ1) is 15.2. The Balaban J connectivity index is 2.03. The molecule has 170 valence electrons. The summed E-state index contributed by atoms with van der Waals surface area (Å²) in [5.74, 6) is 0.615. The first-order valence-electron chi connectivity index (χ1n) is 11.0. The Morgan fingerprint density at radius 1 is 1.25 bits per heavy atom. The van der Waals surface area contributed by atoms with Gasteiger partial charge in [0, 0.05) is 30.8 Å². The van der Waals surface area contributed by atoms with E-state index in [2.05, 4.69) is 25.2 Å². The van der Waals surface area contributed by atoms with Crippen LogP contribution in [0.2, 0.25) is 0 Å². The number of nitrogens with one attached hydrogen (secondary N) is 1. The van der Waals surface area contributed by atoms with Crippen molar-refractivity contribution in [3.05, 3.63) is 51.7 Å². The molecule has 3 rings (SSSR count). The average molecular weight is 454 g/mol. The van der Waals surface area contributed by atoms with Crippen LogP contribution in [0.1, 0.15) is 52.0 Å². The molecule has 1 heterocycles. The van der Waals surface area contributed by atoms with Crippen molar-refractivity contribution >= 4 is 23.5 Å². The molecule has 1 amide bonds. The van der Waals surface area contributed by atoms with Gasteiger partial charge in [0.25, 0.3) is 0 Å². The second-order valence-corrected chi connectivity index (χ2v) is 9.86. The number of hydrogen-bond donors (Lipinski definition) is 1. The van der Waals surface area contributed by atoms with Crippen molar-refractivity contribution in [3.63, 3.8) is 0 Å². The van der Waals surface area contributed by atoms with Crippen LogP contribution in [0.4, 0.5) is 0 Å². The number of thioether (sulfide) groups is 1. The van der Waals surface area contributed by atoms with Crippen LogP contribution in [0, 0.1) is 16.7 Å². The molecule has 0 spiro atoms. The highest BCUT2D eigenvalue weighted by Gasteiger charge is 2.42. The number of rotatable bonds is 7. The highest BCUT2D eigenvalue weighted by atomic mass is 32.2. The van der Waals surface area contributed by atoms with Gasteiger partial charge in [0.15, 0.2) is 5.78 Å². The van der Waals surface area contributed by atoms with E-state index in [4.69, 9.17) is 4.74 Å². The van der Waals surface area contributed by atoms with Crippen molar-refractivity contribution in [2.45, 2.75) is 46.5 Å². The summed E-state index contributed by atoms with van der Waals surface area (Å²) in [7, 11) is 1.61. The fourth-order valence-electron chi connectivity index (χ4n) is 4.42. The van der Waals surface area contributed by atoms with Gasteiger partial charge in [-0.3, -0.25) is 9.59 Å². The minimum absolute atomic E-state index is 0.0346. The SMILES string of the molecule is CCN(CC)C(=O)CSC1=C(C#N)[C@@H](c2ccc(OC)cc2)C2=C(CC(C)(C)CC2=O)N1. The minimum Gasteiger partial charge on any atom is -0.497 e. The van der Waals surface area contributed by atoms with Gasteiger partial charge in [-0.1, -0.05) is 37.7 Å². The molecule has 1 aliphatic heterocycles. The maximum atomic E-state index is 13.2. The lowest BCUT2D eigenvalue weighted by Gasteiger charge is -2.39. The Kier molecular flexibility index (Phi) is 7.35. The number of dihydropyridines is 1. The summed E-state index contributed by atoms with van der Waals surface area (Å²) < 4.78 is 5.28. The van der Waals surface area contributed by atoms with E-state index in [1.54, 1.807) is 12.0 Å². The number of nitriles is 1. The van der Waals surface area contributed by atoms with E-state index in [-0.39, 0.29) is 22.9 Å². The third kappa shape index (κ3) is 4.86. The molecule has 0 unspecified atom stereocenters. The smallest absolute Gasteiger partial charge is 0.232 e. The second kappa shape index (κ2) is 9.83. The van der Waals surface area contributed by atoms with Gasteiger partial charge in [-0.05, 0) is 43.4 Å². The number of ketones is 1. The van der Waals surface area contributed by atoms with E-state index in [9.17, 15) is 14.9 Å². The summed E-state index contributed by atoms with van der Waals surface area (Å²) in [6.45, 7) is 9.38. The number of allylic oxidation sites excluding steroid dienone is 3.